The number of para-hydroxylation sites is 3. The van der Waals surface area contributed by atoms with Crippen LogP contribution in [0.4, 0.5) is 0 Å². The van der Waals surface area contributed by atoms with Crippen LogP contribution in [0.3, 0.4) is 0 Å². The molecule has 0 saturated heterocycles. The number of rotatable bonds is 17. The van der Waals surface area contributed by atoms with Crippen LogP contribution in [0.15, 0.2) is 165 Å². The van der Waals surface area contributed by atoms with E-state index in [4.69, 9.17) is 39.5 Å². The monoisotopic (exact) mass is 1140 g/mol. The molecular formula is C57H66ClN9O10S2. The molecule has 4 N–H and O–H groups in total. The predicted molar refractivity (Wildman–Crippen MR) is 309 cm³/mol. The van der Waals surface area contributed by atoms with Crippen LogP contribution in [0.2, 0.25) is 0 Å². The van der Waals surface area contributed by atoms with Gasteiger partial charge >= 0.3 is 10.1 Å². The number of aromatic nitrogens is 6. The Hall–Kier alpha value is -8.11. The van der Waals surface area contributed by atoms with Gasteiger partial charge in [0.05, 0.1) is 58.9 Å². The van der Waals surface area contributed by atoms with E-state index in [1.165, 1.54) is 24.3 Å². The predicted octanol–water partition coefficient (Wildman–Crippen LogP) is 11.2. The maximum atomic E-state index is 12.2. The molecule has 0 aliphatic carbocycles. The summed E-state index contributed by atoms with van der Waals surface area (Å²) in [6, 6.07) is 42.1. The van der Waals surface area contributed by atoms with Gasteiger partial charge in [0.1, 0.15) is 22.1 Å². The van der Waals surface area contributed by atoms with E-state index in [2.05, 4.69) is 47.0 Å². The molecule has 19 nitrogen and oxygen atoms in total. The van der Waals surface area contributed by atoms with Crippen LogP contribution >= 0.6 is 10.7 Å². The molecule has 0 saturated carbocycles. The summed E-state index contributed by atoms with van der Waals surface area (Å²) in [5.41, 5.74) is 12.3. The molecule has 4 heterocycles. The van der Waals surface area contributed by atoms with Gasteiger partial charge in [-0.05, 0) is 134 Å². The summed E-state index contributed by atoms with van der Waals surface area (Å²) in [6.07, 6.45) is 1.79. The average Bonchev–Trinajstić information content (AvgIpc) is 4.30. The maximum absolute atomic E-state index is 12.2. The van der Waals surface area contributed by atoms with Crippen molar-refractivity contribution in [3.8, 4) is 51.0 Å². The third-order valence-electron chi connectivity index (χ3n) is 11.1. The first kappa shape index (κ1) is 61.7. The number of nitrogens with one attached hydrogen (secondary N) is 2. The first-order valence-corrected chi connectivity index (χ1v) is 28.7. The van der Waals surface area contributed by atoms with Crippen molar-refractivity contribution in [2.45, 2.75) is 84.4 Å². The van der Waals surface area contributed by atoms with Crippen LogP contribution in [0, 0.1) is 13.8 Å². The van der Waals surface area contributed by atoms with Crippen molar-refractivity contribution in [2.24, 2.45) is 15.4 Å². The molecule has 5 aromatic carbocycles. The van der Waals surface area contributed by atoms with E-state index in [9.17, 15) is 16.8 Å². The molecule has 9 rings (SSSR count). The first-order chi connectivity index (χ1) is 37.9. The van der Waals surface area contributed by atoms with Crippen LogP contribution < -0.4 is 14.2 Å². The Labute approximate surface area is 466 Å². The fraction of sp³-hybridized carbons (Fsp3) is 0.263. The first-order valence-electron chi connectivity index (χ1n) is 25.0. The van der Waals surface area contributed by atoms with E-state index < -0.39 is 19.2 Å². The molecule has 0 atom stereocenters. The lowest BCUT2D eigenvalue weighted by atomic mass is 10.1. The van der Waals surface area contributed by atoms with Gasteiger partial charge in [0, 0.05) is 70.8 Å². The number of hydrogen-bond donors (Lipinski definition) is 4. The Bertz CT molecular complexity index is 3540. The molecular weight excluding hydrogens is 1070 g/mol. The number of hydrogen-bond acceptors (Lipinski definition) is 16. The van der Waals surface area contributed by atoms with E-state index >= 15 is 0 Å². The zero-order chi connectivity index (χ0) is 57.5. The number of ether oxygens (including phenoxy) is 3. The molecule has 0 amide bonds. The van der Waals surface area contributed by atoms with E-state index in [0.29, 0.717) is 44.1 Å². The average molecular weight is 1140 g/mol. The Kier molecular flexibility index (Phi) is 23.6. The number of oxime groups is 2. The normalized spacial score (nSPS) is 11.9. The van der Waals surface area contributed by atoms with Gasteiger partial charge < -0.3 is 24.5 Å². The highest BCUT2D eigenvalue weighted by molar-refractivity contribution is 8.13. The van der Waals surface area contributed by atoms with Gasteiger partial charge in [-0.1, -0.05) is 82.1 Å². The Balaban J connectivity index is 0.000000201. The van der Waals surface area contributed by atoms with Crippen LogP contribution in [-0.2, 0) is 42.7 Å². The third-order valence-corrected chi connectivity index (χ3v) is 13.6. The van der Waals surface area contributed by atoms with Gasteiger partial charge in [0.2, 0.25) is 0 Å². The van der Waals surface area contributed by atoms with Crippen molar-refractivity contribution in [3.05, 3.63) is 168 Å². The summed E-state index contributed by atoms with van der Waals surface area (Å²) in [4.78, 5) is 1.92. The molecule has 1 aliphatic heterocycles. The van der Waals surface area contributed by atoms with E-state index in [-0.39, 0.29) is 9.79 Å². The van der Waals surface area contributed by atoms with E-state index in [1.807, 2.05) is 126 Å². The second kappa shape index (κ2) is 30.1. The van der Waals surface area contributed by atoms with Gasteiger partial charge in [-0.25, -0.2) is 8.42 Å². The number of nitrogens with zero attached hydrogens (tertiary/aromatic N) is 7. The Morgan fingerprint density at radius 3 is 1.44 bits per heavy atom. The number of aliphatic hydroxyl groups is 1. The molecule has 79 heavy (non-hydrogen) atoms. The smallest absolute Gasteiger partial charge is 0.358 e. The summed E-state index contributed by atoms with van der Waals surface area (Å²) in [5, 5.41) is 46.0. The molecule has 0 unspecified atom stereocenters. The van der Waals surface area contributed by atoms with Crippen LogP contribution in [0.5, 0.6) is 17.2 Å². The Morgan fingerprint density at radius 2 is 1.03 bits per heavy atom. The van der Waals surface area contributed by atoms with Gasteiger partial charge in [0.15, 0.2) is 0 Å². The number of aliphatic hydroxyl groups excluding tert-OH is 1. The number of aromatic amines is 2. The van der Waals surface area contributed by atoms with E-state index in [1.54, 1.807) is 42.9 Å². The lowest BCUT2D eigenvalue weighted by Crippen LogP contribution is -2.06. The van der Waals surface area contributed by atoms with Gasteiger partial charge in [0.25, 0.3) is 9.05 Å². The van der Waals surface area contributed by atoms with E-state index in [0.717, 1.165) is 98.5 Å². The quantitative estimate of drug-likeness (QED) is 0.0287. The minimum absolute atomic E-state index is 0.0657. The van der Waals surface area contributed by atoms with Crippen LogP contribution in [0.1, 0.15) is 69.8 Å². The molecule has 8 aromatic rings. The van der Waals surface area contributed by atoms with Crippen molar-refractivity contribution in [1.82, 2.24) is 30.3 Å². The third kappa shape index (κ3) is 18.5. The summed E-state index contributed by atoms with van der Waals surface area (Å²) in [6.45, 7) is 16.9. The topological polar surface area (TPSA) is 258 Å². The second-order valence-electron chi connectivity index (χ2n) is 17.4. The number of benzene rings is 5. The highest BCUT2D eigenvalue weighted by Crippen LogP contribution is 2.32. The number of halogens is 1. The molecule has 418 valence electrons. The highest BCUT2D eigenvalue weighted by atomic mass is 35.7. The summed E-state index contributed by atoms with van der Waals surface area (Å²) >= 11 is 0. The highest BCUT2D eigenvalue weighted by Gasteiger charge is 2.19. The molecule has 22 heteroatoms. The van der Waals surface area contributed by atoms with Gasteiger partial charge in [-0.2, -0.15) is 33.6 Å². The van der Waals surface area contributed by atoms with Crippen molar-refractivity contribution in [3.63, 3.8) is 0 Å². The minimum atomic E-state index is -3.94. The molecule has 1 aliphatic rings. The SMILES string of the molecule is CCOc1ccccc1-c1cc(C/C(C)=N/O)[nH]n1.CCOc1ccccc1-c1cc(C/C(C)=N/OS(=O)(=O)c2ccc(C)cc2)[nH]n1.CCOc1ccccc1-c1cc2n(n1)N=C(C)C2.CO.Cc1ccc(S(=O)(=O)Cl)cc1. The standard InChI is InChI=1S/C21H23N3O4S.C14H17N3O2.C14H15N3O.C7H7ClO2S.CH4O/c1-4-27-21-8-6-5-7-19(21)20-14-17(22-23-20)13-16(3)24-28-29(25,26)18-11-9-15(2)10-12-18;1-3-19-14-7-5-4-6-12(14)13-9-11(15-16-13)8-10(2)17-18;1-3-18-14-7-5-4-6-12(14)13-9-11-8-10(2)15-17(11)16-13;1-6-2-4-7(5-3-6)11(8,9)10;1-2/h5-12,14H,4,13H2,1-3H3,(H,22,23);4-7,9,18H,3,8H2,1-2H3,(H,15,16);4-7,9H,3,8H2,1-2H3;2-5H,1H3;2H,1H3/b24-16+;17-10+;;;. The minimum Gasteiger partial charge on any atom is -0.493 e. The molecule has 3 aromatic heterocycles. The number of fused-ring (bicyclic) bond motifs is 1. The summed E-state index contributed by atoms with van der Waals surface area (Å²) < 4.78 is 67.6. The largest absolute Gasteiger partial charge is 0.493 e. The zero-order valence-corrected chi connectivity index (χ0v) is 47.9. The lowest BCUT2D eigenvalue weighted by Gasteiger charge is -2.07. The number of H-pyrrole nitrogens is 2. The summed E-state index contributed by atoms with van der Waals surface area (Å²) in [5.74, 6) is 2.44. The zero-order valence-electron chi connectivity index (χ0n) is 45.5. The fourth-order valence-corrected chi connectivity index (χ4v) is 9.00. The van der Waals surface area contributed by atoms with Crippen LogP contribution in [0.25, 0.3) is 33.8 Å². The van der Waals surface area contributed by atoms with Crippen molar-refractivity contribution >= 4 is 47.0 Å². The lowest BCUT2D eigenvalue weighted by molar-refractivity contribution is 0.317. The molecule has 0 radical (unpaired) electrons. The fourth-order valence-electron chi connectivity index (χ4n) is 7.45. The Morgan fingerprint density at radius 1 is 0.608 bits per heavy atom. The van der Waals surface area contributed by atoms with Crippen LogP contribution in [-0.4, -0.2) is 101 Å². The van der Waals surface area contributed by atoms with Gasteiger partial charge in [-0.15, -0.1) is 0 Å². The summed E-state index contributed by atoms with van der Waals surface area (Å²) in [7, 11) is -1.41. The molecule has 0 spiro atoms. The second-order valence-corrected chi connectivity index (χ2v) is 21.5. The molecule has 0 bridgehead atoms. The van der Waals surface area contributed by atoms with Gasteiger partial charge in [-0.3, -0.25) is 14.5 Å². The maximum Gasteiger partial charge on any atom is 0.358 e. The van der Waals surface area contributed by atoms with Crippen molar-refractivity contribution in [1.29, 1.82) is 0 Å². The molecule has 0 fully saturated rings. The van der Waals surface area contributed by atoms with Crippen molar-refractivity contribution in [2.75, 3.05) is 26.9 Å². The number of aryl methyl sites for hydroxylation is 2. The van der Waals surface area contributed by atoms with Crippen molar-refractivity contribution < 1.29 is 45.6 Å².